The van der Waals surface area contributed by atoms with E-state index < -0.39 is 6.03 Å². The van der Waals surface area contributed by atoms with Crippen LogP contribution in [0.25, 0.3) is 0 Å². The molecule has 0 heterocycles. The number of rotatable bonds is 4. The van der Waals surface area contributed by atoms with Crippen molar-refractivity contribution in [3.8, 4) is 0 Å². The van der Waals surface area contributed by atoms with Gasteiger partial charge in [-0.15, -0.1) is 0 Å². The third-order valence-electron chi connectivity index (χ3n) is 3.85. The van der Waals surface area contributed by atoms with Crippen molar-refractivity contribution >= 4 is 23.3 Å². The van der Waals surface area contributed by atoms with Crippen LogP contribution >= 0.6 is 0 Å². The molecule has 1 aliphatic carbocycles. The minimum Gasteiger partial charge on any atom is -0.351 e. The fourth-order valence-corrected chi connectivity index (χ4v) is 2.62. The average Bonchev–Trinajstić information content (AvgIpc) is 3.30. The highest BCUT2D eigenvalue weighted by molar-refractivity contribution is 5.95. The van der Waals surface area contributed by atoms with Gasteiger partial charge in [-0.05, 0) is 48.2 Å². The number of hydrogen-bond donors (Lipinski definition) is 3. The fourth-order valence-electron chi connectivity index (χ4n) is 2.62. The molecule has 1 fully saturated rings. The van der Waals surface area contributed by atoms with Crippen LogP contribution in [0, 0.1) is 11.7 Å². The molecule has 2 unspecified atom stereocenters. The predicted octanol–water partition coefficient (Wildman–Crippen LogP) is 3.06. The molecule has 2 atom stereocenters. The molecular weight excluding hydrogens is 297 g/mol. The lowest BCUT2D eigenvalue weighted by atomic mass is 10.1. The van der Waals surface area contributed by atoms with E-state index in [0.29, 0.717) is 23.4 Å². The van der Waals surface area contributed by atoms with Gasteiger partial charge in [-0.25, -0.2) is 9.18 Å². The van der Waals surface area contributed by atoms with Crippen molar-refractivity contribution < 1.29 is 14.0 Å². The maximum atomic E-state index is 13.7. The minimum atomic E-state index is -0.646. The number of anilines is 2. The number of benzene rings is 2. The first-order valence-electron chi connectivity index (χ1n) is 7.26. The Morgan fingerprint density at radius 1 is 1.00 bits per heavy atom. The summed E-state index contributed by atoms with van der Waals surface area (Å²) in [6, 6.07) is 12.5. The molecule has 0 radical (unpaired) electrons. The average molecular weight is 313 g/mol. The van der Waals surface area contributed by atoms with Gasteiger partial charge in [-0.2, -0.15) is 0 Å². The van der Waals surface area contributed by atoms with Gasteiger partial charge in [0.05, 0.1) is 0 Å². The van der Waals surface area contributed by atoms with Gasteiger partial charge in [-0.1, -0.05) is 18.2 Å². The van der Waals surface area contributed by atoms with E-state index in [9.17, 15) is 14.0 Å². The third kappa shape index (κ3) is 3.48. The molecule has 0 bridgehead atoms. The Morgan fingerprint density at radius 3 is 2.22 bits per heavy atom. The summed E-state index contributed by atoms with van der Waals surface area (Å²) in [4.78, 5) is 22.9. The predicted molar refractivity (Wildman–Crippen MR) is 85.5 cm³/mol. The van der Waals surface area contributed by atoms with E-state index in [4.69, 9.17) is 5.73 Å². The largest absolute Gasteiger partial charge is 0.351 e. The number of hydrogen-bond acceptors (Lipinski definition) is 2. The summed E-state index contributed by atoms with van der Waals surface area (Å²) in [6.45, 7) is 0. The second kappa shape index (κ2) is 6.08. The molecule has 2 aromatic rings. The molecule has 1 aliphatic rings. The Hall–Kier alpha value is -2.89. The summed E-state index contributed by atoms with van der Waals surface area (Å²) < 4.78 is 13.7. The van der Waals surface area contributed by atoms with Crippen LogP contribution in [0.15, 0.2) is 48.5 Å². The second-order valence-electron chi connectivity index (χ2n) is 5.53. The van der Waals surface area contributed by atoms with Gasteiger partial charge in [0.1, 0.15) is 5.82 Å². The van der Waals surface area contributed by atoms with E-state index in [1.54, 1.807) is 42.5 Å². The van der Waals surface area contributed by atoms with E-state index in [-0.39, 0.29) is 23.6 Å². The molecule has 6 heteroatoms. The van der Waals surface area contributed by atoms with E-state index in [1.807, 2.05) is 0 Å². The van der Waals surface area contributed by atoms with Gasteiger partial charge in [-0.3, -0.25) is 4.79 Å². The van der Waals surface area contributed by atoms with Crippen LogP contribution < -0.4 is 16.4 Å². The molecule has 3 amide bonds. The van der Waals surface area contributed by atoms with Crippen LogP contribution in [-0.2, 0) is 4.79 Å². The fraction of sp³-hybridized carbons (Fsp3) is 0.176. The van der Waals surface area contributed by atoms with Crippen LogP contribution in [-0.4, -0.2) is 11.9 Å². The molecule has 118 valence electrons. The highest BCUT2D eigenvalue weighted by Gasteiger charge is 2.45. The van der Waals surface area contributed by atoms with Crippen LogP contribution in [0.5, 0.6) is 0 Å². The number of nitrogens with one attached hydrogen (secondary N) is 2. The van der Waals surface area contributed by atoms with Crippen molar-refractivity contribution in [2.24, 2.45) is 11.7 Å². The summed E-state index contributed by atoms with van der Waals surface area (Å²) in [5.74, 6) is -0.675. The van der Waals surface area contributed by atoms with Gasteiger partial charge in [0.2, 0.25) is 5.91 Å². The van der Waals surface area contributed by atoms with Crippen LogP contribution in [0.3, 0.4) is 0 Å². The van der Waals surface area contributed by atoms with Gasteiger partial charge in [0.15, 0.2) is 0 Å². The summed E-state index contributed by atoms with van der Waals surface area (Å²) in [7, 11) is 0. The quantitative estimate of drug-likeness (QED) is 0.810. The molecule has 3 rings (SSSR count). The Morgan fingerprint density at radius 2 is 1.61 bits per heavy atom. The lowest BCUT2D eigenvalue weighted by Crippen LogP contribution is -2.19. The number of urea groups is 1. The standard InChI is InChI=1S/C17H16FN3O2/c18-15-4-2-1-3-12(15)13-9-14(13)16(22)20-10-5-7-11(8-6-10)21-17(19)23/h1-8,13-14H,9H2,(H,20,22)(H3,19,21,23). The summed E-state index contributed by atoms with van der Waals surface area (Å²) in [5, 5.41) is 5.24. The van der Waals surface area contributed by atoms with Crippen molar-refractivity contribution in [3.63, 3.8) is 0 Å². The zero-order valence-electron chi connectivity index (χ0n) is 12.3. The van der Waals surface area contributed by atoms with Gasteiger partial charge < -0.3 is 16.4 Å². The van der Waals surface area contributed by atoms with Crippen LogP contribution in [0.2, 0.25) is 0 Å². The molecule has 23 heavy (non-hydrogen) atoms. The number of halogens is 1. The molecule has 2 aromatic carbocycles. The van der Waals surface area contributed by atoms with Crippen LogP contribution in [0.1, 0.15) is 17.9 Å². The first kappa shape index (κ1) is 15.0. The van der Waals surface area contributed by atoms with Crippen molar-refractivity contribution in [3.05, 3.63) is 59.9 Å². The molecular formula is C17H16FN3O2. The van der Waals surface area contributed by atoms with E-state index in [2.05, 4.69) is 10.6 Å². The van der Waals surface area contributed by atoms with Crippen molar-refractivity contribution in [2.75, 3.05) is 10.6 Å². The number of primary amides is 1. The van der Waals surface area contributed by atoms with Gasteiger partial charge >= 0.3 is 6.03 Å². The molecule has 0 aromatic heterocycles. The normalized spacial score (nSPS) is 19.0. The van der Waals surface area contributed by atoms with E-state index in [1.165, 1.54) is 6.07 Å². The molecule has 5 nitrogen and oxygen atoms in total. The second-order valence-corrected chi connectivity index (χ2v) is 5.53. The number of nitrogens with two attached hydrogens (primary N) is 1. The summed E-state index contributed by atoms with van der Waals surface area (Å²) >= 11 is 0. The number of carbonyl (C=O) groups excluding carboxylic acids is 2. The first-order valence-corrected chi connectivity index (χ1v) is 7.26. The van der Waals surface area contributed by atoms with Gasteiger partial charge in [0.25, 0.3) is 0 Å². The molecule has 0 aliphatic heterocycles. The summed E-state index contributed by atoms with van der Waals surface area (Å²) in [6.07, 6.45) is 0.647. The zero-order valence-corrected chi connectivity index (χ0v) is 12.3. The smallest absolute Gasteiger partial charge is 0.316 e. The third-order valence-corrected chi connectivity index (χ3v) is 3.85. The highest BCUT2D eigenvalue weighted by Crippen LogP contribution is 2.48. The maximum Gasteiger partial charge on any atom is 0.316 e. The topological polar surface area (TPSA) is 84.2 Å². The Balaban J connectivity index is 1.60. The van der Waals surface area contributed by atoms with Gasteiger partial charge in [0, 0.05) is 17.3 Å². The van der Waals surface area contributed by atoms with Crippen LogP contribution in [0.4, 0.5) is 20.6 Å². The zero-order chi connectivity index (χ0) is 16.4. The lowest BCUT2D eigenvalue weighted by molar-refractivity contribution is -0.117. The SMILES string of the molecule is NC(=O)Nc1ccc(NC(=O)C2CC2c2ccccc2F)cc1. The summed E-state index contributed by atoms with van der Waals surface area (Å²) in [5.41, 5.74) is 6.78. The Bertz CT molecular complexity index is 746. The molecule has 0 spiro atoms. The van der Waals surface area contributed by atoms with Crippen molar-refractivity contribution in [1.82, 2.24) is 0 Å². The minimum absolute atomic E-state index is 0.0630. The molecule has 0 saturated heterocycles. The first-order chi connectivity index (χ1) is 11.0. The molecule has 1 saturated carbocycles. The lowest BCUT2D eigenvalue weighted by Gasteiger charge is -2.07. The Kier molecular flexibility index (Phi) is 3.97. The van der Waals surface area contributed by atoms with Crippen molar-refractivity contribution in [1.29, 1.82) is 0 Å². The van der Waals surface area contributed by atoms with E-state index >= 15 is 0 Å². The number of carbonyl (C=O) groups is 2. The highest BCUT2D eigenvalue weighted by atomic mass is 19.1. The van der Waals surface area contributed by atoms with Crippen molar-refractivity contribution in [2.45, 2.75) is 12.3 Å². The monoisotopic (exact) mass is 313 g/mol. The number of amides is 3. The molecule has 4 N–H and O–H groups in total. The van der Waals surface area contributed by atoms with E-state index in [0.717, 1.165) is 0 Å². The Labute approximate surface area is 132 Å². The maximum absolute atomic E-state index is 13.7.